The van der Waals surface area contributed by atoms with E-state index in [9.17, 15) is 8.78 Å². The molecule has 1 heterocycles. The van der Waals surface area contributed by atoms with Gasteiger partial charge in [0.15, 0.2) is 11.6 Å². The number of aromatic nitrogens is 2. The zero-order chi connectivity index (χ0) is 13.1. The summed E-state index contributed by atoms with van der Waals surface area (Å²) in [7, 11) is 0. The first-order valence-electron chi connectivity index (χ1n) is 5.57. The van der Waals surface area contributed by atoms with Crippen molar-refractivity contribution in [2.75, 3.05) is 5.32 Å². The van der Waals surface area contributed by atoms with Gasteiger partial charge < -0.3 is 5.32 Å². The number of halogens is 2. The Balaban J connectivity index is 2.19. The van der Waals surface area contributed by atoms with Gasteiger partial charge in [0, 0.05) is 24.1 Å². The van der Waals surface area contributed by atoms with Crippen LogP contribution >= 0.6 is 0 Å². The van der Waals surface area contributed by atoms with Gasteiger partial charge in [-0.2, -0.15) is 0 Å². The highest BCUT2D eigenvalue weighted by Gasteiger charge is 2.11. The van der Waals surface area contributed by atoms with Crippen molar-refractivity contribution in [3.63, 3.8) is 0 Å². The lowest BCUT2D eigenvalue weighted by Crippen LogP contribution is -2.11. The third-order valence-electron chi connectivity index (χ3n) is 2.63. The second-order valence-electron chi connectivity index (χ2n) is 4.02. The van der Waals surface area contributed by atoms with E-state index in [1.807, 2.05) is 13.8 Å². The number of hydrogen-bond donors (Lipinski definition) is 1. The average molecular weight is 249 g/mol. The van der Waals surface area contributed by atoms with Crippen molar-refractivity contribution in [2.45, 2.75) is 19.9 Å². The minimum atomic E-state index is -0.872. The molecule has 0 amide bonds. The summed E-state index contributed by atoms with van der Waals surface area (Å²) in [4.78, 5) is 8.36. The summed E-state index contributed by atoms with van der Waals surface area (Å²) in [5.74, 6) is -1.73. The van der Waals surface area contributed by atoms with Crippen molar-refractivity contribution < 1.29 is 8.78 Å². The molecule has 1 N–H and O–H groups in total. The number of anilines is 1. The van der Waals surface area contributed by atoms with Crippen LogP contribution in [0.3, 0.4) is 0 Å². The van der Waals surface area contributed by atoms with Crippen molar-refractivity contribution in [3.05, 3.63) is 53.6 Å². The van der Waals surface area contributed by atoms with E-state index in [0.717, 1.165) is 23.5 Å². The number of hydrogen-bond acceptors (Lipinski definition) is 3. The lowest BCUT2D eigenvalue weighted by Gasteiger charge is -2.16. The topological polar surface area (TPSA) is 37.8 Å². The van der Waals surface area contributed by atoms with Crippen molar-refractivity contribution in [1.82, 2.24) is 9.97 Å². The molecule has 18 heavy (non-hydrogen) atoms. The maximum absolute atomic E-state index is 13.1. The number of nitrogens with zero attached hydrogens (tertiary/aromatic N) is 2. The second-order valence-corrected chi connectivity index (χ2v) is 4.02. The molecule has 0 fully saturated rings. The summed E-state index contributed by atoms with van der Waals surface area (Å²) >= 11 is 0. The third-order valence-corrected chi connectivity index (χ3v) is 2.63. The van der Waals surface area contributed by atoms with Gasteiger partial charge in [-0.15, -0.1) is 0 Å². The van der Waals surface area contributed by atoms with Gasteiger partial charge in [-0.25, -0.2) is 8.78 Å². The molecule has 3 nitrogen and oxygen atoms in total. The fraction of sp³-hybridized carbons (Fsp3) is 0.231. The smallest absolute Gasteiger partial charge is 0.160 e. The van der Waals surface area contributed by atoms with Gasteiger partial charge >= 0.3 is 0 Å². The van der Waals surface area contributed by atoms with Crippen molar-refractivity contribution >= 4 is 5.69 Å². The van der Waals surface area contributed by atoms with E-state index in [2.05, 4.69) is 15.3 Å². The number of nitrogens with one attached hydrogen (secondary N) is 1. The summed E-state index contributed by atoms with van der Waals surface area (Å²) in [6, 6.07) is 3.56. The largest absolute Gasteiger partial charge is 0.377 e. The number of aryl methyl sites for hydroxylation is 1. The molecular weight excluding hydrogens is 236 g/mol. The third kappa shape index (κ3) is 2.61. The fourth-order valence-corrected chi connectivity index (χ4v) is 1.75. The predicted octanol–water partition coefficient (Wildman–Crippen LogP) is 3.24. The molecular formula is C13H13F2N3. The van der Waals surface area contributed by atoms with Crippen molar-refractivity contribution in [1.29, 1.82) is 0 Å². The zero-order valence-corrected chi connectivity index (χ0v) is 10.1. The van der Waals surface area contributed by atoms with E-state index in [1.54, 1.807) is 12.4 Å². The minimum Gasteiger partial charge on any atom is -0.377 e. The molecule has 0 saturated carbocycles. The molecule has 0 saturated heterocycles. The van der Waals surface area contributed by atoms with Crippen LogP contribution in [0.5, 0.6) is 0 Å². The lowest BCUT2D eigenvalue weighted by molar-refractivity contribution is 0.509. The molecule has 1 aromatic carbocycles. The maximum Gasteiger partial charge on any atom is 0.160 e. The van der Waals surface area contributed by atoms with Crippen LogP contribution in [0.25, 0.3) is 0 Å². The van der Waals surface area contributed by atoms with Gasteiger partial charge in [0.05, 0.1) is 17.4 Å². The normalized spacial score (nSPS) is 12.2. The molecule has 1 unspecified atom stereocenters. The van der Waals surface area contributed by atoms with E-state index in [4.69, 9.17) is 0 Å². The van der Waals surface area contributed by atoms with Gasteiger partial charge in [-0.3, -0.25) is 9.97 Å². The first-order valence-corrected chi connectivity index (χ1v) is 5.57. The number of benzene rings is 1. The first-order chi connectivity index (χ1) is 8.58. The molecule has 94 valence electrons. The van der Waals surface area contributed by atoms with Gasteiger partial charge in [-0.05, 0) is 26.0 Å². The second kappa shape index (κ2) is 5.08. The molecule has 0 bridgehead atoms. The van der Waals surface area contributed by atoms with Crippen LogP contribution in [-0.4, -0.2) is 9.97 Å². The van der Waals surface area contributed by atoms with Crippen LogP contribution in [0.2, 0.25) is 0 Å². The Labute approximate surface area is 104 Å². The summed E-state index contributed by atoms with van der Waals surface area (Å²) in [5, 5.41) is 3.06. The summed E-state index contributed by atoms with van der Waals surface area (Å²) in [6.07, 6.45) is 3.22. The van der Waals surface area contributed by atoms with E-state index in [0.29, 0.717) is 5.69 Å². The maximum atomic E-state index is 13.1. The summed E-state index contributed by atoms with van der Waals surface area (Å²) in [5.41, 5.74) is 2.09. The molecule has 0 radical (unpaired) electrons. The molecule has 2 rings (SSSR count). The Kier molecular flexibility index (Phi) is 3.50. The number of rotatable bonds is 3. The molecule has 0 aliphatic carbocycles. The van der Waals surface area contributed by atoms with Crippen LogP contribution in [-0.2, 0) is 0 Å². The van der Waals surface area contributed by atoms with Crippen molar-refractivity contribution in [3.8, 4) is 0 Å². The molecule has 0 aliphatic rings. The quantitative estimate of drug-likeness (QED) is 0.907. The molecule has 1 aromatic heterocycles. The van der Waals surface area contributed by atoms with Crippen LogP contribution in [0, 0.1) is 18.6 Å². The fourth-order valence-electron chi connectivity index (χ4n) is 1.75. The lowest BCUT2D eigenvalue weighted by atomic mass is 10.1. The SMILES string of the molecule is Cc1nccnc1C(C)Nc1ccc(F)c(F)c1. The molecule has 0 spiro atoms. The Bertz CT molecular complexity index is 558. The van der Waals surface area contributed by atoms with Gasteiger partial charge in [-0.1, -0.05) is 0 Å². The highest BCUT2D eigenvalue weighted by Crippen LogP contribution is 2.20. The van der Waals surface area contributed by atoms with E-state index in [-0.39, 0.29) is 6.04 Å². The van der Waals surface area contributed by atoms with Gasteiger partial charge in [0.1, 0.15) is 0 Å². The van der Waals surface area contributed by atoms with Crippen LogP contribution in [0.4, 0.5) is 14.5 Å². The van der Waals surface area contributed by atoms with Gasteiger partial charge in [0.2, 0.25) is 0 Å². The summed E-state index contributed by atoms with van der Waals surface area (Å²) < 4.78 is 25.9. The Morgan fingerprint density at radius 2 is 1.83 bits per heavy atom. The predicted molar refractivity (Wildman–Crippen MR) is 65.2 cm³/mol. The van der Waals surface area contributed by atoms with Crippen LogP contribution in [0.15, 0.2) is 30.6 Å². The monoisotopic (exact) mass is 249 g/mol. The molecule has 5 heteroatoms. The highest BCUT2D eigenvalue weighted by atomic mass is 19.2. The van der Waals surface area contributed by atoms with E-state index >= 15 is 0 Å². The molecule has 0 aliphatic heterocycles. The molecule has 1 atom stereocenters. The zero-order valence-electron chi connectivity index (χ0n) is 10.1. The summed E-state index contributed by atoms with van der Waals surface area (Å²) in [6.45, 7) is 3.74. The van der Waals surface area contributed by atoms with Crippen LogP contribution in [0.1, 0.15) is 24.4 Å². The first kappa shape index (κ1) is 12.4. The Morgan fingerprint density at radius 3 is 2.50 bits per heavy atom. The average Bonchev–Trinajstić information content (AvgIpc) is 2.34. The van der Waals surface area contributed by atoms with E-state index < -0.39 is 11.6 Å². The Morgan fingerprint density at radius 1 is 1.11 bits per heavy atom. The van der Waals surface area contributed by atoms with Gasteiger partial charge in [0.25, 0.3) is 0 Å². The molecule has 2 aromatic rings. The standard InChI is InChI=1S/C13H13F2N3/c1-8-13(17-6-5-16-8)9(2)18-10-3-4-11(14)12(15)7-10/h3-7,9,18H,1-2H3. The Hall–Kier alpha value is -2.04. The van der Waals surface area contributed by atoms with Crippen molar-refractivity contribution in [2.24, 2.45) is 0 Å². The van der Waals surface area contributed by atoms with Crippen LogP contribution < -0.4 is 5.32 Å². The van der Waals surface area contributed by atoms with E-state index in [1.165, 1.54) is 6.07 Å². The highest BCUT2D eigenvalue weighted by molar-refractivity contribution is 5.45. The minimum absolute atomic E-state index is 0.136.